The molecule has 0 aliphatic carbocycles. The maximum Gasteiger partial charge on any atom is 0.408 e. The molecule has 0 fully saturated rings. The van der Waals surface area contributed by atoms with Gasteiger partial charge in [0.15, 0.2) is 6.10 Å². The molecule has 30 heavy (non-hydrogen) atoms. The van der Waals surface area contributed by atoms with Gasteiger partial charge in [0.05, 0.1) is 0 Å². The van der Waals surface area contributed by atoms with Gasteiger partial charge in [-0.25, -0.2) is 9.59 Å². The molecular formula is C22H23N3O5. The summed E-state index contributed by atoms with van der Waals surface area (Å²) < 4.78 is 10.3. The van der Waals surface area contributed by atoms with Gasteiger partial charge in [0.25, 0.3) is 5.91 Å². The van der Waals surface area contributed by atoms with Crippen LogP contribution in [0.1, 0.15) is 18.1 Å². The number of hydrogen-bond acceptors (Lipinski definition) is 5. The third-order valence-corrected chi connectivity index (χ3v) is 4.58. The summed E-state index contributed by atoms with van der Waals surface area (Å²) in [5.41, 5.74) is 7.69. The van der Waals surface area contributed by atoms with Gasteiger partial charge in [-0.2, -0.15) is 0 Å². The number of carbonyl (C=O) groups excluding carboxylic acids is 3. The fraction of sp³-hybridized carbons (Fsp3) is 0.227. The molecule has 2 aromatic carbocycles. The molecule has 0 unspecified atom stereocenters. The highest BCUT2D eigenvalue weighted by Crippen LogP contribution is 2.19. The number of hydrogen-bond donors (Lipinski definition) is 3. The Kier molecular flexibility index (Phi) is 6.69. The van der Waals surface area contributed by atoms with Crippen molar-refractivity contribution in [1.82, 2.24) is 10.3 Å². The van der Waals surface area contributed by atoms with Crippen LogP contribution in [0.2, 0.25) is 0 Å². The highest BCUT2D eigenvalue weighted by atomic mass is 16.6. The zero-order valence-electron chi connectivity index (χ0n) is 16.5. The maximum atomic E-state index is 12.6. The third kappa shape index (κ3) is 5.38. The Morgan fingerprint density at radius 3 is 2.50 bits per heavy atom. The van der Waals surface area contributed by atoms with E-state index >= 15 is 0 Å². The van der Waals surface area contributed by atoms with E-state index in [1.54, 1.807) is 6.20 Å². The zero-order chi connectivity index (χ0) is 21.5. The molecule has 2 atom stereocenters. The van der Waals surface area contributed by atoms with Crippen LogP contribution >= 0.6 is 0 Å². The summed E-state index contributed by atoms with van der Waals surface area (Å²) in [6.07, 6.45) is 0.0197. The second kappa shape index (κ2) is 9.60. The number of ether oxygens (including phenoxy) is 2. The minimum absolute atomic E-state index is 0.0548. The van der Waals surface area contributed by atoms with E-state index < -0.39 is 30.1 Å². The lowest BCUT2D eigenvalue weighted by Gasteiger charge is -2.19. The van der Waals surface area contributed by atoms with Crippen LogP contribution in [0.25, 0.3) is 10.9 Å². The molecule has 0 radical (unpaired) electrons. The molecule has 1 aromatic heterocycles. The predicted molar refractivity (Wildman–Crippen MR) is 110 cm³/mol. The Morgan fingerprint density at radius 1 is 1.07 bits per heavy atom. The number of aromatic nitrogens is 1. The van der Waals surface area contributed by atoms with Crippen molar-refractivity contribution in [2.24, 2.45) is 5.73 Å². The number of alkyl carbamates (subject to hydrolysis) is 1. The van der Waals surface area contributed by atoms with Crippen LogP contribution in [0.3, 0.4) is 0 Å². The Labute approximate surface area is 173 Å². The minimum atomic E-state index is -1.12. The number of benzene rings is 2. The Bertz CT molecular complexity index is 1030. The smallest absolute Gasteiger partial charge is 0.408 e. The fourth-order valence-electron chi connectivity index (χ4n) is 2.94. The van der Waals surface area contributed by atoms with Crippen molar-refractivity contribution in [2.45, 2.75) is 32.1 Å². The van der Waals surface area contributed by atoms with E-state index in [0.29, 0.717) is 0 Å². The molecule has 4 N–H and O–H groups in total. The van der Waals surface area contributed by atoms with Gasteiger partial charge in [-0.1, -0.05) is 48.5 Å². The molecule has 8 heteroatoms. The van der Waals surface area contributed by atoms with Gasteiger partial charge in [-0.15, -0.1) is 0 Å². The van der Waals surface area contributed by atoms with Crippen LogP contribution in [0.4, 0.5) is 4.79 Å². The van der Waals surface area contributed by atoms with Crippen LogP contribution < -0.4 is 11.1 Å². The molecule has 0 aliphatic rings. The first-order valence-electron chi connectivity index (χ1n) is 9.46. The maximum absolute atomic E-state index is 12.6. The summed E-state index contributed by atoms with van der Waals surface area (Å²) in [6.45, 7) is 1.43. The number of carbonyl (C=O) groups is 3. The van der Waals surface area contributed by atoms with Crippen LogP contribution in [0.15, 0.2) is 60.8 Å². The highest BCUT2D eigenvalue weighted by molar-refractivity contribution is 5.88. The first kappa shape index (κ1) is 20.9. The second-order valence-electron chi connectivity index (χ2n) is 6.80. The van der Waals surface area contributed by atoms with Crippen LogP contribution in [-0.2, 0) is 32.1 Å². The van der Waals surface area contributed by atoms with Crippen molar-refractivity contribution >= 4 is 28.9 Å². The molecule has 8 nitrogen and oxygen atoms in total. The third-order valence-electron chi connectivity index (χ3n) is 4.58. The first-order chi connectivity index (χ1) is 14.4. The van der Waals surface area contributed by atoms with Crippen molar-refractivity contribution < 1.29 is 23.9 Å². The molecular weight excluding hydrogens is 386 g/mol. The van der Waals surface area contributed by atoms with E-state index in [1.807, 2.05) is 54.6 Å². The zero-order valence-corrected chi connectivity index (χ0v) is 16.5. The summed E-state index contributed by atoms with van der Waals surface area (Å²) >= 11 is 0. The normalized spacial score (nSPS) is 12.7. The van der Waals surface area contributed by atoms with Crippen molar-refractivity contribution in [3.63, 3.8) is 0 Å². The number of nitrogens with one attached hydrogen (secondary N) is 2. The van der Waals surface area contributed by atoms with Crippen molar-refractivity contribution in [2.75, 3.05) is 0 Å². The monoisotopic (exact) mass is 409 g/mol. The molecule has 3 aromatic rings. The van der Waals surface area contributed by atoms with Crippen molar-refractivity contribution in [3.8, 4) is 0 Å². The Morgan fingerprint density at radius 2 is 1.77 bits per heavy atom. The molecule has 0 spiro atoms. The van der Waals surface area contributed by atoms with Crippen LogP contribution in [0, 0.1) is 0 Å². The Hall–Kier alpha value is -3.81. The number of amides is 2. The second-order valence-corrected chi connectivity index (χ2v) is 6.80. The summed E-state index contributed by atoms with van der Waals surface area (Å²) in [6, 6.07) is 15.7. The number of aromatic amines is 1. The highest BCUT2D eigenvalue weighted by Gasteiger charge is 2.27. The molecule has 0 aliphatic heterocycles. The number of primary amides is 1. The average Bonchev–Trinajstić information content (AvgIpc) is 3.15. The van der Waals surface area contributed by atoms with E-state index in [1.165, 1.54) is 6.92 Å². The van der Waals surface area contributed by atoms with Crippen LogP contribution in [-0.4, -0.2) is 35.1 Å². The molecule has 0 bridgehead atoms. The summed E-state index contributed by atoms with van der Waals surface area (Å²) in [4.78, 5) is 39.3. The van der Waals surface area contributed by atoms with E-state index in [0.717, 1.165) is 22.0 Å². The van der Waals surface area contributed by atoms with E-state index in [4.69, 9.17) is 15.2 Å². The van der Waals surface area contributed by atoms with Crippen molar-refractivity contribution in [3.05, 3.63) is 71.9 Å². The van der Waals surface area contributed by atoms with E-state index in [-0.39, 0.29) is 13.0 Å². The predicted octanol–water partition coefficient (Wildman–Crippen LogP) is 2.42. The van der Waals surface area contributed by atoms with Gasteiger partial charge in [-0.3, -0.25) is 4.79 Å². The van der Waals surface area contributed by atoms with Gasteiger partial charge in [0.1, 0.15) is 12.6 Å². The SMILES string of the molecule is C[C@@H](OC(=O)[C@@H](Cc1c[nH]c2ccccc12)NC(=O)OCc1ccccc1)C(N)=O. The number of para-hydroxylation sites is 1. The molecule has 0 saturated carbocycles. The standard InChI is InChI=1S/C22H23N3O5/c1-14(20(23)26)30-21(27)19(11-16-12-24-18-10-6-5-9-17(16)18)25-22(28)29-13-15-7-3-2-4-8-15/h2-10,12,14,19,24H,11,13H2,1H3,(H2,23,26)(H,25,28)/t14-,19-/m1/s1. The van der Waals surface area contributed by atoms with Gasteiger partial charge < -0.3 is 25.5 Å². The number of esters is 1. The number of nitrogens with two attached hydrogens (primary N) is 1. The summed E-state index contributed by atoms with van der Waals surface area (Å²) in [5, 5.41) is 3.45. The lowest BCUT2D eigenvalue weighted by atomic mass is 10.1. The molecule has 3 rings (SSSR count). The molecule has 0 saturated heterocycles. The molecule has 1 heterocycles. The fourth-order valence-corrected chi connectivity index (χ4v) is 2.94. The quantitative estimate of drug-likeness (QED) is 0.493. The van der Waals surface area contributed by atoms with Gasteiger partial charge in [-0.05, 0) is 24.1 Å². The summed E-state index contributed by atoms with van der Waals surface area (Å²) in [5.74, 6) is -1.55. The lowest BCUT2D eigenvalue weighted by Crippen LogP contribution is -2.45. The Balaban J connectivity index is 1.72. The van der Waals surface area contributed by atoms with Crippen LogP contribution in [0.5, 0.6) is 0 Å². The van der Waals surface area contributed by atoms with Gasteiger partial charge in [0, 0.05) is 23.5 Å². The lowest BCUT2D eigenvalue weighted by molar-refractivity contribution is -0.155. The van der Waals surface area contributed by atoms with E-state index in [2.05, 4.69) is 10.3 Å². The van der Waals surface area contributed by atoms with E-state index in [9.17, 15) is 14.4 Å². The van der Waals surface area contributed by atoms with Crippen molar-refractivity contribution in [1.29, 1.82) is 0 Å². The largest absolute Gasteiger partial charge is 0.451 e. The summed E-state index contributed by atoms with van der Waals surface area (Å²) in [7, 11) is 0. The average molecular weight is 409 g/mol. The van der Waals surface area contributed by atoms with Gasteiger partial charge in [0.2, 0.25) is 0 Å². The molecule has 2 amide bonds. The number of H-pyrrole nitrogens is 1. The topological polar surface area (TPSA) is 124 Å². The first-order valence-corrected chi connectivity index (χ1v) is 9.46. The number of fused-ring (bicyclic) bond motifs is 1. The molecule has 156 valence electrons. The van der Waals surface area contributed by atoms with Gasteiger partial charge >= 0.3 is 12.1 Å². The number of rotatable bonds is 8. The minimum Gasteiger partial charge on any atom is -0.451 e.